The number of ether oxygens (including phenoxy) is 2. The number of nitrogens with one attached hydrogen (secondary N) is 1. The van der Waals surface area contributed by atoms with Crippen LogP contribution in [0.3, 0.4) is 0 Å². The Morgan fingerprint density at radius 2 is 1.86 bits per heavy atom. The van der Waals surface area contributed by atoms with Gasteiger partial charge in [0.1, 0.15) is 11.5 Å². The summed E-state index contributed by atoms with van der Waals surface area (Å²) in [6.07, 6.45) is 0.778. The predicted octanol–water partition coefficient (Wildman–Crippen LogP) is 3.60. The van der Waals surface area contributed by atoms with Crippen molar-refractivity contribution in [3.63, 3.8) is 0 Å². The molecule has 1 amide bonds. The van der Waals surface area contributed by atoms with Crippen LogP contribution in [0.15, 0.2) is 53.3 Å². The third-order valence-corrected chi connectivity index (χ3v) is 4.61. The van der Waals surface area contributed by atoms with Gasteiger partial charge in [-0.15, -0.1) is 0 Å². The summed E-state index contributed by atoms with van der Waals surface area (Å²) in [5.41, 5.74) is 1.54. The molecular weight excluding hydrogens is 356 g/mol. The molecule has 0 aliphatic rings. The van der Waals surface area contributed by atoms with Crippen molar-refractivity contribution < 1.29 is 14.3 Å². The van der Waals surface area contributed by atoms with Crippen LogP contribution in [-0.4, -0.2) is 36.6 Å². The van der Waals surface area contributed by atoms with Gasteiger partial charge in [-0.3, -0.25) is 9.59 Å². The zero-order valence-electron chi connectivity index (χ0n) is 16.3. The Labute approximate surface area is 163 Å². The van der Waals surface area contributed by atoms with Gasteiger partial charge in [-0.25, -0.2) is 0 Å². The van der Waals surface area contributed by atoms with Crippen LogP contribution < -0.4 is 15.0 Å². The van der Waals surface area contributed by atoms with Crippen LogP contribution in [0.25, 0.3) is 10.9 Å². The molecule has 1 heterocycles. The first kappa shape index (κ1) is 19.5. The van der Waals surface area contributed by atoms with E-state index in [1.54, 1.807) is 36.3 Å². The Kier molecular flexibility index (Phi) is 5.99. The smallest absolute Gasteiger partial charge is 0.257 e. The van der Waals surface area contributed by atoms with Crippen LogP contribution in [0, 0.1) is 0 Å². The van der Waals surface area contributed by atoms with E-state index < -0.39 is 0 Å². The normalized spacial score (nSPS) is 10.7. The van der Waals surface area contributed by atoms with Crippen molar-refractivity contribution in [2.75, 3.05) is 20.8 Å². The SMILES string of the molecule is CCCN(Cc1cc2cc(OC)ccc2[nH]c1=O)C(=O)c1ccccc1OC. The van der Waals surface area contributed by atoms with Crippen LogP contribution in [0.4, 0.5) is 0 Å². The highest BCUT2D eigenvalue weighted by molar-refractivity contribution is 5.97. The van der Waals surface area contributed by atoms with Crippen molar-refractivity contribution in [1.29, 1.82) is 0 Å². The number of H-pyrrole nitrogens is 1. The van der Waals surface area contributed by atoms with Gasteiger partial charge in [0.25, 0.3) is 11.5 Å². The number of aromatic nitrogens is 1. The highest BCUT2D eigenvalue weighted by atomic mass is 16.5. The molecule has 0 bridgehead atoms. The molecule has 0 unspecified atom stereocenters. The van der Waals surface area contributed by atoms with E-state index in [4.69, 9.17) is 9.47 Å². The summed E-state index contributed by atoms with van der Waals surface area (Å²) in [5, 5.41) is 0.857. The molecule has 0 fully saturated rings. The number of carbonyl (C=O) groups excluding carboxylic acids is 1. The van der Waals surface area contributed by atoms with Crippen LogP contribution in [-0.2, 0) is 6.54 Å². The minimum atomic E-state index is -0.202. The summed E-state index contributed by atoms with van der Waals surface area (Å²) in [4.78, 5) is 30.2. The lowest BCUT2D eigenvalue weighted by Crippen LogP contribution is -2.33. The summed E-state index contributed by atoms with van der Waals surface area (Å²) >= 11 is 0. The Balaban J connectivity index is 1.97. The number of hydrogen-bond donors (Lipinski definition) is 1. The molecule has 146 valence electrons. The standard InChI is InChI=1S/C22H24N2O4/c1-4-11-24(22(26)18-7-5-6-8-20(18)28-3)14-16-12-15-13-17(27-2)9-10-19(15)23-21(16)25/h5-10,12-13H,4,11,14H2,1-3H3,(H,23,25). The first-order valence-corrected chi connectivity index (χ1v) is 9.19. The van der Waals surface area contributed by atoms with E-state index in [2.05, 4.69) is 4.98 Å². The van der Waals surface area contributed by atoms with Crippen LogP contribution in [0.2, 0.25) is 0 Å². The molecule has 2 aromatic carbocycles. The van der Waals surface area contributed by atoms with Gasteiger partial charge in [0, 0.05) is 23.0 Å². The number of methoxy groups -OCH3 is 2. The van der Waals surface area contributed by atoms with Crippen molar-refractivity contribution in [1.82, 2.24) is 9.88 Å². The van der Waals surface area contributed by atoms with E-state index in [0.29, 0.717) is 29.2 Å². The molecular formula is C22H24N2O4. The zero-order valence-corrected chi connectivity index (χ0v) is 16.3. The highest BCUT2D eigenvalue weighted by Gasteiger charge is 2.20. The average Bonchev–Trinajstić information content (AvgIpc) is 2.73. The van der Waals surface area contributed by atoms with E-state index in [1.165, 1.54) is 7.11 Å². The lowest BCUT2D eigenvalue weighted by Gasteiger charge is -2.23. The van der Waals surface area contributed by atoms with E-state index in [0.717, 1.165) is 17.3 Å². The molecule has 6 heteroatoms. The quantitative estimate of drug-likeness (QED) is 0.680. The Morgan fingerprint density at radius 3 is 2.57 bits per heavy atom. The summed E-state index contributed by atoms with van der Waals surface area (Å²) in [5.74, 6) is 1.07. The molecule has 0 atom stereocenters. The van der Waals surface area contributed by atoms with Gasteiger partial charge >= 0.3 is 0 Å². The molecule has 3 aromatic rings. The minimum Gasteiger partial charge on any atom is -0.497 e. The number of nitrogens with zero attached hydrogens (tertiary/aromatic N) is 1. The van der Waals surface area contributed by atoms with Crippen LogP contribution >= 0.6 is 0 Å². The molecule has 0 radical (unpaired) electrons. The van der Waals surface area contributed by atoms with Gasteiger partial charge in [-0.1, -0.05) is 19.1 Å². The maximum absolute atomic E-state index is 13.1. The highest BCUT2D eigenvalue weighted by Crippen LogP contribution is 2.22. The third kappa shape index (κ3) is 4.01. The zero-order chi connectivity index (χ0) is 20.1. The molecule has 6 nitrogen and oxygen atoms in total. The lowest BCUT2D eigenvalue weighted by atomic mass is 10.1. The molecule has 0 aliphatic heterocycles. The summed E-state index contributed by atoms with van der Waals surface area (Å²) in [6, 6.07) is 14.4. The summed E-state index contributed by atoms with van der Waals surface area (Å²) < 4.78 is 10.6. The van der Waals surface area contributed by atoms with Crippen molar-refractivity contribution in [3.05, 3.63) is 70.0 Å². The predicted molar refractivity (Wildman–Crippen MR) is 109 cm³/mol. The number of pyridine rings is 1. The molecule has 28 heavy (non-hydrogen) atoms. The Hall–Kier alpha value is -3.28. The summed E-state index contributed by atoms with van der Waals surface area (Å²) in [7, 11) is 3.14. The third-order valence-electron chi connectivity index (χ3n) is 4.61. The maximum atomic E-state index is 13.1. The molecule has 0 saturated heterocycles. The molecule has 1 aromatic heterocycles. The Morgan fingerprint density at radius 1 is 1.07 bits per heavy atom. The number of carbonyl (C=O) groups is 1. The first-order valence-electron chi connectivity index (χ1n) is 9.19. The fraction of sp³-hybridized carbons (Fsp3) is 0.273. The Bertz CT molecular complexity index is 1040. The summed E-state index contributed by atoms with van der Waals surface area (Å²) in [6.45, 7) is 2.75. The first-order chi connectivity index (χ1) is 13.6. The number of para-hydroxylation sites is 1. The van der Waals surface area contributed by atoms with E-state index >= 15 is 0 Å². The largest absolute Gasteiger partial charge is 0.497 e. The molecule has 1 N–H and O–H groups in total. The van der Waals surface area contributed by atoms with Crippen LogP contribution in [0.1, 0.15) is 29.3 Å². The number of amides is 1. The second-order valence-electron chi connectivity index (χ2n) is 6.50. The number of benzene rings is 2. The number of fused-ring (bicyclic) bond motifs is 1. The van der Waals surface area contributed by atoms with Gasteiger partial charge in [0.05, 0.1) is 26.3 Å². The molecule has 0 aliphatic carbocycles. The van der Waals surface area contributed by atoms with Crippen molar-refractivity contribution in [2.45, 2.75) is 19.9 Å². The molecule has 0 saturated carbocycles. The van der Waals surface area contributed by atoms with E-state index in [-0.39, 0.29) is 18.0 Å². The maximum Gasteiger partial charge on any atom is 0.257 e. The number of aromatic amines is 1. The van der Waals surface area contributed by atoms with Crippen LogP contribution in [0.5, 0.6) is 11.5 Å². The van der Waals surface area contributed by atoms with Crippen molar-refractivity contribution >= 4 is 16.8 Å². The van der Waals surface area contributed by atoms with Gasteiger partial charge < -0.3 is 19.4 Å². The van der Waals surface area contributed by atoms with Gasteiger partial charge in [0.15, 0.2) is 0 Å². The molecule has 0 spiro atoms. The average molecular weight is 380 g/mol. The topological polar surface area (TPSA) is 71.6 Å². The van der Waals surface area contributed by atoms with E-state index in [9.17, 15) is 9.59 Å². The van der Waals surface area contributed by atoms with Gasteiger partial charge in [-0.05, 0) is 42.8 Å². The fourth-order valence-electron chi connectivity index (χ4n) is 3.19. The number of rotatable bonds is 7. The van der Waals surface area contributed by atoms with Gasteiger partial charge in [-0.2, -0.15) is 0 Å². The van der Waals surface area contributed by atoms with Crippen molar-refractivity contribution in [3.8, 4) is 11.5 Å². The van der Waals surface area contributed by atoms with Crippen molar-refractivity contribution in [2.24, 2.45) is 0 Å². The molecule has 3 rings (SSSR count). The number of hydrogen-bond acceptors (Lipinski definition) is 4. The van der Waals surface area contributed by atoms with Gasteiger partial charge in [0.2, 0.25) is 0 Å². The monoisotopic (exact) mass is 380 g/mol. The minimum absolute atomic E-state index is 0.163. The van der Waals surface area contributed by atoms with E-state index in [1.807, 2.05) is 31.2 Å². The second kappa shape index (κ2) is 8.61. The fourth-order valence-corrected chi connectivity index (χ4v) is 3.19. The lowest BCUT2D eigenvalue weighted by molar-refractivity contribution is 0.0739. The second-order valence-corrected chi connectivity index (χ2v) is 6.50.